The molecule has 0 fully saturated rings. The van der Waals surface area contributed by atoms with Gasteiger partial charge < -0.3 is 15.2 Å². The minimum Gasteiger partial charge on any atom is -0.496 e. The van der Waals surface area contributed by atoms with Gasteiger partial charge in [-0.05, 0) is 24.5 Å². The van der Waals surface area contributed by atoms with Crippen molar-refractivity contribution in [3.8, 4) is 5.75 Å². The molecular formula is C15H21NO4. The minimum atomic E-state index is -0.901. The minimum absolute atomic E-state index is 0.0447. The summed E-state index contributed by atoms with van der Waals surface area (Å²) in [5.74, 6) is -0.274. The Morgan fingerprint density at radius 2 is 2.05 bits per heavy atom. The van der Waals surface area contributed by atoms with E-state index in [0.29, 0.717) is 19.3 Å². The van der Waals surface area contributed by atoms with Crippen LogP contribution in [0.3, 0.4) is 0 Å². The first-order chi connectivity index (χ1) is 9.56. The number of methoxy groups -OCH3 is 1. The van der Waals surface area contributed by atoms with E-state index in [9.17, 15) is 9.59 Å². The van der Waals surface area contributed by atoms with Gasteiger partial charge in [0.25, 0.3) is 0 Å². The summed E-state index contributed by atoms with van der Waals surface area (Å²) in [7, 11) is 1.60. The van der Waals surface area contributed by atoms with Crippen LogP contribution in [-0.4, -0.2) is 30.1 Å². The maximum absolute atomic E-state index is 11.8. The summed E-state index contributed by atoms with van der Waals surface area (Å²) in [6.45, 7) is 1.86. The lowest BCUT2D eigenvalue weighted by molar-refractivity contribution is -0.137. The largest absolute Gasteiger partial charge is 0.496 e. The highest BCUT2D eigenvalue weighted by molar-refractivity contribution is 5.77. The van der Waals surface area contributed by atoms with E-state index in [1.807, 2.05) is 31.2 Å². The number of benzene rings is 1. The van der Waals surface area contributed by atoms with E-state index in [0.717, 1.165) is 11.3 Å². The summed E-state index contributed by atoms with van der Waals surface area (Å²) in [4.78, 5) is 22.5. The van der Waals surface area contributed by atoms with Gasteiger partial charge in [0.05, 0.1) is 13.5 Å². The molecule has 0 bridgehead atoms. The molecule has 1 amide bonds. The summed E-state index contributed by atoms with van der Waals surface area (Å²) in [6, 6.07) is 7.24. The predicted molar refractivity (Wildman–Crippen MR) is 75.8 cm³/mol. The first-order valence-electron chi connectivity index (χ1n) is 6.69. The van der Waals surface area contributed by atoms with Gasteiger partial charge in [0, 0.05) is 12.5 Å². The molecular weight excluding hydrogens is 258 g/mol. The monoisotopic (exact) mass is 279 g/mol. The van der Waals surface area contributed by atoms with Crippen molar-refractivity contribution in [1.29, 1.82) is 0 Å². The van der Waals surface area contributed by atoms with E-state index >= 15 is 0 Å². The molecule has 5 nitrogen and oxygen atoms in total. The molecule has 0 spiro atoms. The van der Waals surface area contributed by atoms with Crippen LogP contribution in [0.2, 0.25) is 0 Å². The summed E-state index contributed by atoms with van der Waals surface area (Å²) in [5.41, 5.74) is 0.969. The fourth-order valence-corrected chi connectivity index (χ4v) is 1.97. The Hall–Kier alpha value is -2.04. The molecule has 0 aliphatic rings. The van der Waals surface area contributed by atoms with Crippen LogP contribution in [-0.2, 0) is 16.0 Å². The lowest BCUT2D eigenvalue weighted by atomic mass is 10.1. The molecule has 5 heteroatoms. The molecule has 0 saturated heterocycles. The first-order valence-corrected chi connectivity index (χ1v) is 6.69. The Bertz CT molecular complexity index is 459. The first kappa shape index (κ1) is 16.0. The molecule has 1 aromatic carbocycles. The molecule has 1 unspecified atom stereocenters. The molecule has 1 atom stereocenters. The molecule has 20 heavy (non-hydrogen) atoms. The van der Waals surface area contributed by atoms with Crippen LogP contribution in [0.4, 0.5) is 0 Å². The number of carboxylic acid groups (broad SMARTS) is 1. The van der Waals surface area contributed by atoms with Crippen molar-refractivity contribution in [2.75, 3.05) is 7.11 Å². The summed E-state index contributed by atoms with van der Waals surface area (Å²) >= 11 is 0. The number of hydrogen-bond acceptors (Lipinski definition) is 3. The lowest BCUT2D eigenvalue weighted by Gasteiger charge is -2.15. The summed E-state index contributed by atoms with van der Waals surface area (Å²) in [5, 5.41) is 11.5. The Labute approximate surface area is 118 Å². The number of carboxylic acids is 1. The van der Waals surface area contributed by atoms with Gasteiger partial charge in [-0.3, -0.25) is 9.59 Å². The lowest BCUT2D eigenvalue weighted by Crippen LogP contribution is -2.36. The number of amides is 1. The zero-order valence-corrected chi connectivity index (χ0v) is 11.9. The Morgan fingerprint density at radius 3 is 2.65 bits per heavy atom. The van der Waals surface area contributed by atoms with Crippen molar-refractivity contribution in [2.24, 2.45) is 0 Å². The number of carbonyl (C=O) groups excluding carboxylic acids is 1. The number of para-hydroxylation sites is 1. The highest BCUT2D eigenvalue weighted by atomic mass is 16.5. The Kier molecular flexibility index (Phi) is 6.56. The third kappa shape index (κ3) is 5.30. The smallest absolute Gasteiger partial charge is 0.305 e. The van der Waals surface area contributed by atoms with Gasteiger partial charge in [0.1, 0.15) is 5.75 Å². The average molecular weight is 279 g/mol. The van der Waals surface area contributed by atoms with Crippen LogP contribution in [0.5, 0.6) is 5.75 Å². The molecule has 0 radical (unpaired) electrons. The highest BCUT2D eigenvalue weighted by Crippen LogP contribution is 2.18. The predicted octanol–water partition coefficient (Wildman–Crippen LogP) is 2.00. The van der Waals surface area contributed by atoms with E-state index in [1.165, 1.54) is 0 Å². The third-order valence-electron chi connectivity index (χ3n) is 3.09. The molecule has 110 valence electrons. The highest BCUT2D eigenvalue weighted by Gasteiger charge is 2.14. The third-order valence-corrected chi connectivity index (χ3v) is 3.09. The molecule has 1 rings (SSSR count). The SMILES string of the molecule is CCC(CC(=O)O)NC(=O)CCc1ccccc1OC. The molecule has 2 N–H and O–H groups in total. The average Bonchev–Trinajstić information content (AvgIpc) is 2.44. The zero-order valence-electron chi connectivity index (χ0n) is 11.9. The van der Waals surface area contributed by atoms with Crippen molar-refractivity contribution in [3.05, 3.63) is 29.8 Å². The Balaban J connectivity index is 2.48. The van der Waals surface area contributed by atoms with Gasteiger partial charge in [-0.15, -0.1) is 0 Å². The van der Waals surface area contributed by atoms with Crippen LogP contribution in [0.25, 0.3) is 0 Å². The number of nitrogens with one attached hydrogen (secondary N) is 1. The summed E-state index contributed by atoms with van der Waals surface area (Å²) < 4.78 is 5.22. The normalized spacial score (nSPS) is 11.7. The Morgan fingerprint density at radius 1 is 1.35 bits per heavy atom. The van der Waals surface area contributed by atoms with Crippen molar-refractivity contribution in [3.63, 3.8) is 0 Å². The molecule has 0 aromatic heterocycles. The number of rotatable bonds is 8. The maximum Gasteiger partial charge on any atom is 0.305 e. The second kappa shape index (κ2) is 8.19. The van der Waals surface area contributed by atoms with E-state index in [-0.39, 0.29) is 18.4 Å². The van der Waals surface area contributed by atoms with E-state index in [2.05, 4.69) is 5.32 Å². The number of hydrogen-bond donors (Lipinski definition) is 2. The molecule has 0 heterocycles. The van der Waals surface area contributed by atoms with Crippen LogP contribution < -0.4 is 10.1 Å². The molecule has 0 saturated carbocycles. The maximum atomic E-state index is 11.8. The fourth-order valence-electron chi connectivity index (χ4n) is 1.97. The van der Waals surface area contributed by atoms with E-state index in [4.69, 9.17) is 9.84 Å². The molecule has 1 aromatic rings. The van der Waals surface area contributed by atoms with Gasteiger partial charge in [-0.2, -0.15) is 0 Å². The van der Waals surface area contributed by atoms with Crippen molar-refractivity contribution >= 4 is 11.9 Å². The van der Waals surface area contributed by atoms with E-state index in [1.54, 1.807) is 7.11 Å². The number of ether oxygens (including phenoxy) is 1. The van der Waals surface area contributed by atoms with Gasteiger partial charge >= 0.3 is 5.97 Å². The number of aryl methyl sites for hydroxylation is 1. The van der Waals surface area contributed by atoms with Gasteiger partial charge in [0.15, 0.2) is 0 Å². The van der Waals surface area contributed by atoms with E-state index < -0.39 is 5.97 Å². The van der Waals surface area contributed by atoms with Crippen LogP contribution >= 0.6 is 0 Å². The van der Waals surface area contributed by atoms with Crippen LogP contribution in [0.15, 0.2) is 24.3 Å². The quantitative estimate of drug-likeness (QED) is 0.763. The van der Waals surface area contributed by atoms with Gasteiger partial charge in [0.2, 0.25) is 5.91 Å². The summed E-state index contributed by atoms with van der Waals surface area (Å²) in [6.07, 6.45) is 1.44. The van der Waals surface area contributed by atoms with Crippen molar-refractivity contribution in [2.45, 2.75) is 38.6 Å². The molecule has 0 aliphatic heterocycles. The standard InChI is InChI=1S/C15H21NO4/c1-3-12(10-15(18)19)16-14(17)9-8-11-6-4-5-7-13(11)20-2/h4-7,12H,3,8-10H2,1-2H3,(H,16,17)(H,18,19). The van der Waals surface area contributed by atoms with Gasteiger partial charge in [-0.1, -0.05) is 25.1 Å². The molecule has 0 aliphatic carbocycles. The van der Waals surface area contributed by atoms with Crippen molar-refractivity contribution in [1.82, 2.24) is 5.32 Å². The second-order valence-electron chi connectivity index (χ2n) is 4.58. The van der Waals surface area contributed by atoms with Crippen LogP contribution in [0.1, 0.15) is 31.7 Å². The van der Waals surface area contributed by atoms with Crippen molar-refractivity contribution < 1.29 is 19.4 Å². The topological polar surface area (TPSA) is 75.6 Å². The fraction of sp³-hybridized carbons (Fsp3) is 0.467. The number of carbonyl (C=O) groups is 2. The van der Waals surface area contributed by atoms with Gasteiger partial charge in [-0.25, -0.2) is 0 Å². The van der Waals surface area contributed by atoms with Crippen LogP contribution in [0, 0.1) is 0 Å². The zero-order chi connectivity index (χ0) is 15.0. The number of aliphatic carboxylic acids is 1. The second-order valence-corrected chi connectivity index (χ2v) is 4.58.